The maximum Gasteiger partial charge on any atom is 0.243 e. The van der Waals surface area contributed by atoms with Crippen LogP contribution in [0.2, 0.25) is 0 Å². The van der Waals surface area contributed by atoms with E-state index in [0.29, 0.717) is 36.9 Å². The Morgan fingerprint density at radius 3 is 2.73 bits per heavy atom. The molecule has 1 aromatic rings. The van der Waals surface area contributed by atoms with Gasteiger partial charge < -0.3 is 25.4 Å². The number of halogens is 1. The van der Waals surface area contributed by atoms with Crippen LogP contribution in [0.25, 0.3) is 0 Å². The highest BCUT2D eigenvalue weighted by Gasteiger charge is 2.21. The molecule has 0 aliphatic carbocycles. The van der Waals surface area contributed by atoms with E-state index in [1.165, 1.54) is 14.0 Å². The van der Waals surface area contributed by atoms with Crippen molar-refractivity contribution in [2.75, 3.05) is 37.5 Å². The number of benzene rings is 1. The molecule has 0 radical (unpaired) electrons. The molecule has 1 aliphatic heterocycles. The quantitative estimate of drug-likeness (QED) is 0.767. The molecule has 7 nitrogen and oxygen atoms in total. The normalized spacial score (nSPS) is 17.1. The molecule has 1 saturated heterocycles. The van der Waals surface area contributed by atoms with E-state index in [4.69, 9.17) is 9.47 Å². The fraction of sp³-hybridized carbons (Fsp3) is 0.429. The van der Waals surface area contributed by atoms with Crippen LogP contribution in [0.4, 0.5) is 11.4 Å². The number of ether oxygens (including phenoxy) is 2. The lowest BCUT2D eigenvalue weighted by atomic mass is 10.2. The molecule has 8 heteroatoms. The fourth-order valence-corrected chi connectivity index (χ4v) is 2.03. The van der Waals surface area contributed by atoms with Gasteiger partial charge in [0, 0.05) is 25.2 Å². The number of nitrogens with one attached hydrogen (secondary N) is 3. The Bertz CT molecular complexity index is 533. The minimum Gasteiger partial charge on any atom is -0.494 e. The molecule has 0 bridgehead atoms. The number of amides is 2. The summed E-state index contributed by atoms with van der Waals surface area (Å²) >= 11 is 0. The topological polar surface area (TPSA) is 88.7 Å². The second-order valence-corrected chi connectivity index (χ2v) is 4.67. The van der Waals surface area contributed by atoms with E-state index < -0.39 is 0 Å². The molecule has 1 fully saturated rings. The molecule has 1 heterocycles. The van der Waals surface area contributed by atoms with Crippen LogP contribution in [-0.4, -0.2) is 44.7 Å². The molecule has 22 heavy (non-hydrogen) atoms. The molecule has 1 aromatic carbocycles. The fourth-order valence-electron chi connectivity index (χ4n) is 2.03. The van der Waals surface area contributed by atoms with E-state index in [2.05, 4.69) is 16.0 Å². The summed E-state index contributed by atoms with van der Waals surface area (Å²) in [5.74, 6) is 0.133. The lowest BCUT2D eigenvalue weighted by Crippen LogP contribution is -2.48. The maximum atomic E-state index is 12.1. The molecule has 2 rings (SSSR count). The van der Waals surface area contributed by atoms with Gasteiger partial charge in [-0.25, -0.2) is 0 Å². The van der Waals surface area contributed by atoms with Gasteiger partial charge in [0.2, 0.25) is 11.8 Å². The summed E-state index contributed by atoms with van der Waals surface area (Å²) in [4.78, 5) is 23.2. The first-order chi connectivity index (χ1) is 10.1. The molecule has 2 amide bonds. The summed E-state index contributed by atoms with van der Waals surface area (Å²) in [6.07, 6.45) is 0. The highest BCUT2D eigenvalue weighted by molar-refractivity contribution is 5.96. The van der Waals surface area contributed by atoms with Crippen LogP contribution in [0.15, 0.2) is 18.2 Å². The molecule has 1 unspecified atom stereocenters. The van der Waals surface area contributed by atoms with E-state index in [0.717, 1.165) is 0 Å². The van der Waals surface area contributed by atoms with Gasteiger partial charge in [0.05, 0.1) is 26.0 Å². The molecule has 0 aromatic heterocycles. The number of hydrogen-bond donors (Lipinski definition) is 3. The van der Waals surface area contributed by atoms with Crippen LogP contribution in [0.5, 0.6) is 5.75 Å². The van der Waals surface area contributed by atoms with Crippen molar-refractivity contribution >= 4 is 35.6 Å². The SMILES string of the molecule is COc1cc(NC(=O)C2COCCN2)ccc1NC(C)=O.Cl. The molecule has 0 saturated carbocycles. The molecule has 3 N–H and O–H groups in total. The summed E-state index contributed by atoms with van der Waals surface area (Å²) in [6.45, 7) is 3.04. The molecule has 122 valence electrons. The van der Waals surface area contributed by atoms with Crippen LogP contribution in [0, 0.1) is 0 Å². The van der Waals surface area contributed by atoms with E-state index in [1.54, 1.807) is 18.2 Å². The lowest BCUT2D eigenvalue weighted by molar-refractivity contribution is -0.120. The Labute approximate surface area is 135 Å². The van der Waals surface area contributed by atoms with Crippen LogP contribution >= 0.6 is 12.4 Å². The van der Waals surface area contributed by atoms with Gasteiger partial charge in [-0.05, 0) is 12.1 Å². The second-order valence-electron chi connectivity index (χ2n) is 4.67. The molecular formula is C14H20ClN3O4. The average Bonchev–Trinajstić information content (AvgIpc) is 2.49. The van der Waals surface area contributed by atoms with Crippen LogP contribution in [0.3, 0.4) is 0 Å². The van der Waals surface area contributed by atoms with Gasteiger partial charge in [0.15, 0.2) is 0 Å². The van der Waals surface area contributed by atoms with Gasteiger partial charge in [0.25, 0.3) is 0 Å². The van der Waals surface area contributed by atoms with Crippen LogP contribution in [0.1, 0.15) is 6.92 Å². The monoisotopic (exact) mass is 329 g/mol. The van der Waals surface area contributed by atoms with Crippen molar-refractivity contribution in [3.05, 3.63) is 18.2 Å². The number of rotatable bonds is 4. The zero-order chi connectivity index (χ0) is 15.2. The largest absolute Gasteiger partial charge is 0.494 e. The Hall–Kier alpha value is -1.83. The number of methoxy groups -OCH3 is 1. The summed E-state index contributed by atoms with van der Waals surface area (Å²) in [7, 11) is 1.50. The van der Waals surface area contributed by atoms with Gasteiger partial charge in [-0.3, -0.25) is 9.59 Å². The first kappa shape index (κ1) is 18.2. The number of anilines is 2. The Morgan fingerprint density at radius 1 is 1.36 bits per heavy atom. The Balaban J connectivity index is 0.00000242. The number of carbonyl (C=O) groups excluding carboxylic acids is 2. The lowest BCUT2D eigenvalue weighted by Gasteiger charge is -2.23. The zero-order valence-corrected chi connectivity index (χ0v) is 13.3. The molecule has 1 aliphatic rings. The van der Waals surface area contributed by atoms with Crippen molar-refractivity contribution in [1.29, 1.82) is 0 Å². The van der Waals surface area contributed by atoms with Gasteiger partial charge in [0.1, 0.15) is 11.8 Å². The third-order valence-corrected chi connectivity index (χ3v) is 3.02. The van der Waals surface area contributed by atoms with Crippen molar-refractivity contribution in [3.8, 4) is 5.75 Å². The molecule has 0 spiro atoms. The van der Waals surface area contributed by atoms with Crippen molar-refractivity contribution < 1.29 is 19.1 Å². The maximum absolute atomic E-state index is 12.1. The van der Waals surface area contributed by atoms with E-state index in [9.17, 15) is 9.59 Å². The van der Waals surface area contributed by atoms with Gasteiger partial charge in [-0.2, -0.15) is 0 Å². The number of morpholine rings is 1. The van der Waals surface area contributed by atoms with Crippen molar-refractivity contribution in [2.24, 2.45) is 0 Å². The minimum absolute atomic E-state index is 0. The minimum atomic E-state index is -0.361. The van der Waals surface area contributed by atoms with E-state index in [-0.39, 0.29) is 30.3 Å². The first-order valence-electron chi connectivity index (χ1n) is 6.68. The Kier molecular flexibility index (Phi) is 7.10. The van der Waals surface area contributed by atoms with Crippen LogP contribution < -0.4 is 20.7 Å². The van der Waals surface area contributed by atoms with Gasteiger partial charge in [-0.15, -0.1) is 12.4 Å². The van der Waals surface area contributed by atoms with Crippen molar-refractivity contribution in [1.82, 2.24) is 5.32 Å². The predicted molar refractivity (Wildman–Crippen MR) is 85.8 cm³/mol. The molecular weight excluding hydrogens is 310 g/mol. The van der Waals surface area contributed by atoms with Crippen LogP contribution in [-0.2, 0) is 14.3 Å². The van der Waals surface area contributed by atoms with E-state index >= 15 is 0 Å². The van der Waals surface area contributed by atoms with E-state index in [1.807, 2.05) is 0 Å². The highest BCUT2D eigenvalue weighted by atomic mass is 35.5. The summed E-state index contributed by atoms with van der Waals surface area (Å²) in [5.41, 5.74) is 1.15. The smallest absolute Gasteiger partial charge is 0.243 e. The van der Waals surface area contributed by atoms with Gasteiger partial charge >= 0.3 is 0 Å². The van der Waals surface area contributed by atoms with Crippen molar-refractivity contribution in [2.45, 2.75) is 13.0 Å². The summed E-state index contributed by atoms with van der Waals surface area (Å²) in [6, 6.07) is 4.68. The number of carbonyl (C=O) groups is 2. The van der Waals surface area contributed by atoms with Gasteiger partial charge in [-0.1, -0.05) is 0 Å². The highest BCUT2D eigenvalue weighted by Crippen LogP contribution is 2.28. The third-order valence-electron chi connectivity index (χ3n) is 3.02. The number of hydrogen-bond acceptors (Lipinski definition) is 5. The first-order valence-corrected chi connectivity index (χ1v) is 6.68. The average molecular weight is 330 g/mol. The second kappa shape index (κ2) is 8.57. The molecule has 1 atom stereocenters. The summed E-state index contributed by atoms with van der Waals surface area (Å²) in [5, 5.41) is 8.53. The Morgan fingerprint density at radius 2 is 2.14 bits per heavy atom. The zero-order valence-electron chi connectivity index (χ0n) is 12.5. The predicted octanol–water partition coefficient (Wildman–Crippen LogP) is 1.00. The van der Waals surface area contributed by atoms with Crippen molar-refractivity contribution in [3.63, 3.8) is 0 Å². The standard InChI is InChI=1S/C14H19N3O4.ClH/c1-9(18)16-11-4-3-10(7-13(11)20-2)17-14(19)12-8-21-6-5-15-12;/h3-4,7,12,15H,5-6,8H2,1-2H3,(H,16,18)(H,17,19);1H. The summed E-state index contributed by atoms with van der Waals surface area (Å²) < 4.78 is 10.5. The third kappa shape index (κ3) is 4.87.